The number of aromatic nitrogens is 3. The van der Waals surface area contributed by atoms with E-state index in [0.29, 0.717) is 25.5 Å². The van der Waals surface area contributed by atoms with Gasteiger partial charge in [-0.2, -0.15) is 18.3 Å². The van der Waals surface area contributed by atoms with Gasteiger partial charge in [-0.1, -0.05) is 0 Å². The van der Waals surface area contributed by atoms with Crippen LogP contribution in [0.3, 0.4) is 0 Å². The molecule has 0 fully saturated rings. The summed E-state index contributed by atoms with van der Waals surface area (Å²) in [5.74, 6) is 0.548. The van der Waals surface area contributed by atoms with Gasteiger partial charge < -0.3 is 10.1 Å². The van der Waals surface area contributed by atoms with Crippen LogP contribution in [0.4, 0.5) is 13.2 Å². The van der Waals surface area contributed by atoms with Crippen LogP contribution >= 0.6 is 11.8 Å². The largest absolute Gasteiger partial charge is 0.441 e. The summed E-state index contributed by atoms with van der Waals surface area (Å²) in [6.45, 7) is 1.87. The zero-order valence-corrected chi connectivity index (χ0v) is 10.7. The molecule has 0 bridgehead atoms. The first kappa shape index (κ1) is 15.3. The third kappa shape index (κ3) is 6.22. The fourth-order valence-corrected chi connectivity index (χ4v) is 1.73. The maximum atomic E-state index is 12.0. The van der Waals surface area contributed by atoms with Crippen molar-refractivity contribution in [3.63, 3.8) is 0 Å². The topological polar surface area (TPSA) is 52.0 Å². The highest BCUT2D eigenvalue weighted by atomic mass is 32.2. The van der Waals surface area contributed by atoms with E-state index in [0.717, 1.165) is 0 Å². The number of nitrogens with one attached hydrogen (secondary N) is 1. The number of ether oxygens (including phenoxy) is 1. The molecule has 5 nitrogen and oxygen atoms in total. The van der Waals surface area contributed by atoms with E-state index < -0.39 is 5.51 Å². The Bertz CT molecular complexity index is 345. The zero-order valence-electron chi connectivity index (χ0n) is 9.90. The van der Waals surface area contributed by atoms with E-state index >= 15 is 0 Å². The summed E-state index contributed by atoms with van der Waals surface area (Å²) < 4.78 is 42.2. The average molecular weight is 284 g/mol. The fraction of sp³-hybridized carbons (Fsp3) is 0.778. The van der Waals surface area contributed by atoms with Crippen LogP contribution in [0.5, 0.6) is 0 Å². The molecular weight excluding hydrogens is 269 g/mol. The molecular formula is C9H15F3N4OS. The molecule has 1 rings (SSSR count). The van der Waals surface area contributed by atoms with Crippen LogP contribution in [0.2, 0.25) is 0 Å². The molecule has 0 aromatic carbocycles. The Balaban J connectivity index is 2.31. The standard InChI is InChI=1S/C9H15F3N4OS/c1-17-4-2-13-6-8-14-7-15-16(8)3-5-18-9(10,11)12/h7,13H,2-6H2,1H3. The van der Waals surface area contributed by atoms with Gasteiger partial charge in [0.25, 0.3) is 0 Å². The van der Waals surface area contributed by atoms with Crippen molar-refractivity contribution in [3.05, 3.63) is 12.2 Å². The molecule has 0 spiro atoms. The molecule has 18 heavy (non-hydrogen) atoms. The second-order valence-electron chi connectivity index (χ2n) is 3.36. The summed E-state index contributed by atoms with van der Waals surface area (Å²) in [6.07, 6.45) is 1.34. The molecule has 0 saturated carbocycles. The minimum Gasteiger partial charge on any atom is -0.383 e. The van der Waals surface area contributed by atoms with Crippen molar-refractivity contribution in [1.29, 1.82) is 0 Å². The number of halogens is 3. The molecule has 1 aromatic heterocycles. The van der Waals surface area contributed by atoms with Gasteiger partial charge >= 0.3 is 5.51 Å². The molecule has 1 aromatic rings. The van der Waals surface area contributed by atoms with Crippen LogP contribution in [0.25, 0.3) is 0 Å². The van der Waals surface area contributed by atoms with E-state index in [1.807, 2.05) is 0 Å². The zero-order chi connectivity index (χ0) is 13.4. The molecule has 0 saturated heterocycles. The first-order chi connectivity index (χ1) is 8.53. The van der Waals surface area contributed by atoms with E-state index in [2.05, 4.69) is 15.4 Å². The van der Waals surface area contributed by atoms with Crippen LogP contribution in [0.1, 0.15) is 5.82 Å². The summed E-state index contributed by atoms with van der Waals surface area (Å²) in [7, 11) is 1.60. The summed E-state index contributed by atoms with van der Waals surface area (Å²) >= 11 is -0.0565. The Hall–Kier alpha value is -0.800. The number of rotatable bonds is 8. The van der Waals surface area contributed by atoms with Crippen molar-refractivity contribution in [2.75, 3.05) is 26.0 Å². The molecule has 0 aliphatic heterocycles. The number of methoxy groups -OCH3 is 1. The highest BCUT2D eigenvalue weighted by molar-refractivity contribution is 8.00. The second kappa shape index (κ2) is 7.59. The molecule has 104 valence electrons. The molecule has 0 radical (unpaired) electrons. The Morgan fingerprint density at radius 2 is 2.28 bits per heavy atom. The Labute approximate surface area is 107 Å². The van der Waals surface area contributed by atoms with Crippen molar-refractivity contribution < 1.29 is 17.9 Å². The monoisotopic (exact) mass is 284 g/mol. The number of hydrogen-bond donors (Lipinski definition) is 1. The van der Waals surface area contributed by atoms with Crippen molar-refractivity contribution in [2.24, 2.45) is 0 Å². The predicted octanol–water partition coefficient (Wildman–Crippen LogP) is 1.27. The van der Waals surface area contributed by atoms with Gasteiger partial charge in [0.1, 0.15) is 12.2 Å². The quantitative estimate of drug-likeness (QED) is 0.729. The van der Waals surface area contributed by atoms with E-state index in [1.54, 1.807) is 7.11 Å². The smallest absolute Gasteiger partial charge is 0.383 e. The van der Waals surface area contributed by atoms with Crippen LogP contribution in [0.15, 0.2) is 6.33 Å². The number of aryl methyl sites for hydroxylation is 1. The van der Waals surface area contributed by atoms with E-state index in [9.17, 15) is 13.2 Å². The molecule has 0 aliphatic rings. The first-order valence-electron chi connectivity index (χ1n) is 5.30. The molecule has 0 amide bonds. The summed E-state index contributed by atoms with van der Waals surface area (Å²) in [5.41, 5.74) is -4.20. The maximum Gasteiger partial charge on any atom is 0.441 e. The normalized spacial score (nSPS) is 12.0. The lowest BCUT2D eigenvalue weighted by atomic mass is 10.5. The lowest BCUT2D eigenvalue weighted by Gasteiger charge is -2.08. The van der Waals surface area contributed by atoms with Crippen molar-refractivity contribution in [1.82, 2.24) is 20.1 Å². The highest BCUT2D eigenvalue weighted by Crippen LogP contribution is 2.29. The minimum atomic E-state index is -4.20. The van der Waals surface area contributed by atoms with Crippen LogP contribution < -0.4 is 5.32 Å². The number of hydrogen-bond acceptors (Lipinski definition) is 5. The van der Waals surface area contributed by atoms with Crippen LogP contribution in [0, 0.1) is 0 Å². The van der Waals surface area contributed by atoms with Gasteiger partial charge in [-0.05, 0) is 11.8 Å². The van der Waals surface area contributed by atoms with Gasteiger partial charge in [0.05, 0.1) is 19.7 Å². The number of nitrogens with zero attached hydrogens (tertiary/aromatic N) is 3. The third-order valence-corrected chi connectivity index (χ3v) is 2.74. The Kier molecular flexibility index (Phi) is 6.44. The van der Waals surface area contributed by atoms with Gasteiger partial charge in [0.15, 0.2) is 0 Å². The third-order valence-electron chi connectivity index (χ3n) is 2.03. The molecule has 9 heteroatoms. The average Bonchev–Trinajstić information content (AvgIpc) is 2.71. The summed E-state index contributed by atoms with van der Waals surface area (Å²) in [5, 5.41) is 6.95. The van der Waals surface area contributed by atoms with E-state index in [-0.39, 0.29) is 24.1 Å². The number of thioether (sulfide) groups is 1. The first-order valence-corrected chi connectivity index (χ1v) is 6.28. The maximum absolute atomic E-state index is 12.0. The molecule has 0 atom stereocenters. The van der Waals surface area contributed by atoms with Gasteiger partial charge in [0, 0.05) is 19.4 Å². The van der Waals surface area contributed by atoms with Gasteiger partial charge in [-0.15, -0.1) is 0 Å². The predicted molar refractivity (Wildman–Crippen MR) is 62.1 cm³/mol. The van der Waals surface area contributed by atoms with E-state index in [1.165, 1.54) is 11.0 Å². The van der Waals surface area contributed by atoms with Crippen LogP contribution in [-0.2, 0) is 17.8 Å². The Morgan fingerprint density at radius 3 is 2.94 bits per heavy atom. The molecule has 1 heterocycles. The van der Waals surface area contributed by atoms with Crippen LogP contribution in [-0.4, -0.2) is 46.3 Å². The SMILES string of the molecule is COCCNCc1ncnn1CCSC(F)(F)F. The van der Waals surface area contributed by atoms with Crippen molar-refractivity contribution >= 4 is 11.8 Å². The lowest BCUT2D eigenvalue weighted by Crippen LogP contribution is -2.22. The number of alkyl halides is 3. The van der Waals surface area contributed by atoms with Gasteiger partial charge in [-0.3, -0.25) is 0 Å². The molecule has 1 N–H and O–H groups in total. The fourth-order valence-electron chi connectivity index (χ4n) is 1.23. The van der Waals surface area contributed by atoms with Crippen molar-refractivity contribution in [3.8, 4) is 0 Å². The van der Waals surface area contributed by atoms with Gasteiger partial charge in [-0.25, -0.2) is 9.67 Å². The molecule has 0 aliphatic carbocycles. The summed E-state index contributed by atoms with van der Waals surface area (Å²) in [4.78, 5) is 3.99. The van der Waals surface area contributed by atoms with Crippen molar-refractivity contribution in [2.45, 2.75) is 18.6 Å². The Morgan fingerprint density at radius 1 is 1.50 bits per heavy atom. The van der Waals surface area contributed by atoms with Gasteiger partial charge in [0.2, 0.25) is 0 Å². The second-order valence-corrected chi connectivity index (χ2v) is 4.52. The molecule has 0 unspecified atom stereocenters. The highest BCUT2D eigenvalue weighted by Gasteiger charge is 2.27. The summed E-state index contributed by atoms with van der Waals surface area (Å²) in [6, 6.07) is 0. The van der Waals surface area contributed by atoms with E-state index in [4.69, 9.17) is 4.74 Å². The minimum absolute atomic E-state index is 0.0565. The lowest BCUT2D eigenvalue weighted by molar-refractivity contribution is -0.0328.